The SMILES string of the molecule is C[C@H](CS(=O)(=O)C(C)(C)C(=N)N)c1cc(NC(O)c2cnc(OCC3CC3)cn2)ccc1F. The van der Waals surface area contributed by atoms with E-state index in [-0.39, 0.29) is 11.3 Å². The van der Waals surface area contributed by atoms with Crippen LogP contribution in [0.5, 0.6) is 5.88 Å². The maximum Gasteiger partial charge on any atom is 0.232 e. The zero-order valence-corrected chi connectivity index (χ0v) is 19.7. The summed E-state index contributed by atoms with van der Waals surface area (Å²) in [7, 11) is -3.83. The average Bonchev–Trinajstić information content (AvgIpc) is 3.58. The minimum atomic E-state index is -3.83. The van der Waals surface area contributed by atoms with Gasteiger partial charge in [0.1, 0.15) is 22.1 Å². The summed E-state index contributed by atoms with van der Waals surface area (Å²) in [6, 6.07) is 4.08. The first-order chi connectivity index (χ1) is 15.4. The molecule has 0 aliphatic heterocycles. The van der Waals surface area contributed by atoms with Crippen LogP contribution in [0, 0.1) is 17.1 Å². The molecule has 1 aliphatic carbocycles. The zero-order chi connectivity index (χ0) is 24.4. The van der Waals surface area contributed by atoms with Crippen molar-refractivity contribution in [2.75, 3.05) is 17.7 Å². The maximum absolute atomic E-state index is 14.5. The Morgan fingerprint density at radius 2 is 2.06 bits per heavy atom. The van der Waals surface area contributed by atoms with Crippen molar-refractivity contribution in [1.29, 1.82) is 5.41 Å². The van der Waals surface area contributed by atoms with Crippen LogP contribution in [-0.4, -0.2) is 46.4 Å². The molecule has 0 spiro atoms. The van der Waals surface area contributed by atoms with E-state index in [0.29, 0.717) is 24.1 Å². The summed E-state index contributed by atoms with van der Waals surface area (Å²) >= 11 is 0. The van der Waals surface area contributed by atoms with Crippen molar-refractivity contribution >= 4 is 21.4 Å². The molecule has 0 amide bonds. The van der Waals surface area contributed by atoms with Gasteiger partial charge in [0.15, 0.2) is 16.1 Å². The van der Waals surface area contributed by atoms with Crippen molar-refractivity contribution in [3.8, 4) is 5.88 Å². The number of hydrogen-bond acceptors (Lipinski definition) is 8. The number of aliphatic hydroxyl groups excluding tert-OH is 1. The number of anilines is 1. The topological polar surface area (TPSA) is 151 Å². The quantitative estimate of drug-likeness (QED) is 0.218. The molecule has 0 radical (unpaired) electrons. The number of rotatable bonds is 11. The molecule has 3 rings (SSSR count). The fourth-order valence-electron chi connectivity index (χ4n) is 3.07. The highest BCUT2D eigenvalue weighted by molar-refractivity contribution is 7.93. The van der Waals surface area contributed by atoms with Gasteiger partial charge in [-0.15, -0.1) is 0 Å². The Morgan fingerprint density at radius 3 is 2.64 bits per heavy atom. The van der Waals surface area contributed by atoms with Gasteiger partial charge in [-0.25, -0.2) is 22.8 Å². The maximum atomic E-state index is 14.5. The van der Waals surface area contributed by atoms with E-state index >= 15 is 0 Å². The van der Waals surface area contributed by atoms with E-state index in [9.17, 15) is 17.9 Å². The van der Waals surface area contributed by atoms with Crippen molar-refractivity contribution in [3.63, 3.8) is 0 Å². The predicted molar refractivity (Wildman–Crippen MR) is 123 cm³/mol. The van der Waals surface area contributed by atoms with E-state index in [0.717, 1.165) is 12.8 Å². The first-order valence-electron chi connectivity index (χ1n) is 10.7. The summed E-state index contributed by atoms with van der Waals surface area (Å²) in [5, 5.41) is 20.8. The number of halogens is 1. The van der Waals surface area contributed by atoms with Crippen LogP contribution in [0.3, 0.4) is 0 Å². The van der Waals surface area contributed by atoms with Crippen LogP contribution < -0.4 is 15.8 Å². The van der Waals surface area contributed by atoms with Crippen LogP contribution in [0.2, 0.25) is 0 Å². The molecule has 180 valence electrons. The van der Waals surface area contributed by atoms with Gasteiger partial charge in [-0.2, -0.15) is 0 Å². The third-order valence-electron chi connectivity index (χ3n) is 5.82. The molecule has 2 atom stereocenters. The third kappa shape index (κ3) is 5.97. The minimum absolute atomic E-state index is 0.157. The molecule has 0 saturated heterocycles. The Hall–Kier alpha value is -2.79. The van der Waals surface area contributed by atoms with Gasteiger partial charge in [0.25, 0.3) is 0 Å². The molecular weight excluding hydrogens is 449 g/mol. The van der Waals surface area contributed by atoms with Gasteiger partial charge in [0.2, 0.25) is 5.88 Å². The second kappa shape index (κ2) is 9.60. The number of sulfone groups is 1. The number of nitrogens with two attached hydrogens (primary N) is 1. The van der Waals surface area contributed by atoms with Crippen LogP contribution in [0.15, 0.2) is 30.6 Å². The third-order valence-corrected chi connectivity index (χ3v) is 8.53. The summed E-state index contributed by atoms with van der Waals surface area (Å²) in [6.07, 6.45) is 3.93. The average molecular weight is 480 g/mol. The normalized spacial score (nSPS) is 16.2. The molecule has 1 heterocycles. The van der Waals surface area contributed by atoms with E-state index < -0.39 is 44.1 Å². The largest absolute Gasteiger partial charge is 0.476 e. The summed E-state index contributed by atoms with van der Waals surface area (Å²) in [5.74, 6) is -1.19. The van der Waals surface area contributed by atoms with E-state index in [1.165, 1.54) is 44.4 Å². The number of ether oxygens (including phenoxy) is 1. The fourth-order valence-corrected chi connectivity index (χ4v) is 4.66. The first-order valence-corrected chi connectivity index (χ1v) is 12.3. The Bertz CT molecular complexity index is 1100. The number of amidine groups is 1. The van der Waals surface area contributed by atoms with Gasteiger partial charge in [-0.1, -0.05) is 6.92 Å². The number of benzene rings is 1. The molecule has 1 aromatic heterocycles. The van der Waals surface area contributed by atoms with Crippen LogP contribution in [0.1, 0.15) is 57.0 Å². The van der Waals surface area contributed by atoms with Gasteiger partial charge in [-0.3, -0.25) is 5.41 Å². The van der Waals surface area contributed by atoms with Crippen molar-refractivity contribution in [2.45, 2.75) is 50.5 Å². The molecule has 1 fully saturated rings. The van der Waals surface area contributed by atoms with Crippen molar-refractivity contribution in [1.82, 2.24) is 9.97 Å². The second-order valence-electron chi connectivity index (χ2n) is 8.92. The molecule has 1 aromatic carbocycles. The highest BCUT2D eigenvalue weighted by atomic mass is 32.2. The lowest BCUT2D eigenvalue weighted by molar-refractivity contribution is 0.202. The Morgan fingerprint density at radius 1 is 1.36 bits per heavy atom. The molecule has 9 nitrogen and oxygen atoms in total. The van der Waals surface area contributed by atoms with Crippen molar-refractivity contribution < 1.29 is 22.7 Å². The lowest BCUT2D eigenvalue weighted by Gasteiger charge is -2.25. The van der Waals surface area contributed by atoms with E-state index in [1.54, 1.807) is 6.92 Å². The van der Waals surface area contributed by atoms with Crippen LogP contribution in [0.4, 0.5) is 10.1 Å². The van der Waals surface area contributed by atoms with Crippen LogP contribution >= 0.6 is 0 Å². The zero-order valence-electron chi connectivity index (χ0n) is 18.9. The van der Waals surface area contributed by atoms with E-state index in [1.807, 2.05) is 0 Å². The van der Waals surface area contributed by atoms with Gasteiger partial charge in [0.05, 0.1) is 24.8 Å². The number of nitrogens with one attached hydrogen (secondary N) is 2. The summed E-state index contributed by atoms with van der Waals surface area (Å²) in [5.41, 5.74) is 6.24. The summed E-state index contributed by atoms with van der Waals surface area (Å²) in [6.45, 7) is 4.89. The minimum Gasteiger partial charge on any atom is -0.476 e. The highest BCUT2D eigenvalue weighted by Gasteiger charge is 2.38. The van der Waals surface area contributed by atoms with Crippen LogP contribution in [0.25, 0.3) is 0 Å². The molecule has 1 unspecified atom stereocenters. The van der Waals surface area contributed by atoms with Gasteiger partial charge in [0, 0.05) is 5.69 Å². The smallest absolute Gasteiger partial charge is 0.232 e. The van der Waals surface area contributed by atoms with Gasteiger partial charge < -0.3 is 20.9 Å². The second-order valence-corrected chi connectivity index (χ2v) is 11.5. The monoisotopic (exact) mass is 479 g/mol. The van der Waals surface area contributed by atoms with E-state index in [4.69, 9.17) is 15.9 Å². The molecule has 1 aliphatic rings. The first kappa shape index (κ1) is 24.8. The lowest BCUT2D eigenvalue weighted by atomic mass is 10.0. The summed E-state index contributed by atoms with van der Waals surface area (Å²) in [4.78, 5) is 8.29. The van der Waals surface area contributed by atoms with Gasteiger partial charge in [-0.05, 0) is 62.3 Å². The standard InChI is InChI=1S/C22H30FN5O4S/c1-13(12-33(30,31)22(2,3)21(24)25)16-8-15(6-7-17(16)23)28-20(29)18-9-27-19(10-26-18)32-11-14-4-5-14/h6-10,13-14,20,28-29H,4-5,11-12H2,1-3H3,(H3,24,25)/t13-,20?/m1/s1. The molecular formula is C22H30FN5O4S. The molecule has 1 saturated carbocycles. The number of aromatic nitrogens is 2. The number of nitrogens with zero attached hydrogens (tertiary/aromatic N) is 2. The predicted octanol–water partition coefficient (Wildman–Crippen LogP) is 2.74. The van der Waals surface area contributed by atoms with E-state index in [2.05, 4.69) is 15.3 Å². The fraction of sp³-hybridized carbons (Fsp3) is 0.500. The molecule has 2 aromatic rings. The molecule has 11 heteroatoms. The molecule has 33 heavy (non-hydrogen) atoms. The molecule has 0 bridgehead atoms. The number of aliphatic hydroxyl groups is 1. The Kier molecular flexibility index (Phi) is 7.23. The van der Waals surface area contributed by atoms with Crippen LogP contribution in [-0.2, 0) is 9.84 Å². The Labute approximate surface area is 193 Å². The highest BCUT2D eigenvalue weighted by Crippen LogP contribution is 2.30. The lowest BCUT2D eigenvalue weighted by Crippen LogP contribution is -2.46. The Balaban J connectivity index is 1.69. The van der Waals surface area contributed by atoms with Crippen molar-refractivity contribution in [2.24, 2.45) is 11.7 Å². The van der Waals surface area contributed by atoms with Gasteiger partial charge >= 0.3 is 0 Å². The molecule has 5 N–H and O–H groups in total. The summed E-state index contributed by atoms with van der Waals surface area (Å²) < 4.78 is 43.9. The van der Waals surface area contributed by atoms with Crippen molar-refractivity contribution in [3.05, 3.63) is 47.7 Å². The number of hydrogen-bond donors (Lipinski definition) is 4.